The second kappa shape index (κ2) is 9.94. The van der Waals surface area contributed by atoms with Gasteiger partial charge in [-0.15, -0.1) is 0 Å². The fourth-order valence-corrected chi connectivity index (χ4v) is 3.49. The monoisotopic (exact) mass is 417 g/mol. The van der Waals surface area contributed by atoms with Crippen LogP contribution in [0.5, 0.6) is 5.75 Å². The van der Waals surface area contributed by atoms with Crippen molar-refractivity contribution in [2.24, 2.45) is 0 Å². The third kappa shape index (κ3) is 5.95. The van der Waals surface area contributed by atoms with Crippen LogP contribution in [0.15, 0.2) is 60.7 Å². The number of benzene rings is 3. The van der Waals surface area contributed by atoms with E-state index < -0.39 is 5.97 Å². The quantitative estimate of drug-likeness (QED) is 0.530. The summed E-state index contributed by atoms with van der Waals surface area (Å²) in [6.07, 6.45) is 0. The molecule has 0 unspecified atom stereocenters. The van der Waals surface area contributed by atoms with E-state index in [2.05, 4.69) is 5.32 Å². The Morgan fingerprint density at radius 2 is 1.55 bits per heavy atom. The lowest BCUT2D eigenvalue weighted by Gasteiger charge is -2.14. The first-order valence-corrected chi connectivity index (χ1v) is 10.2. The highest BCUT2D eigenvalue weighted by Gasteiger charge is 2.16. The van der Waals surface area contributed by atoms with Gasteiger partial charge >= 0.3 is 5.97 Å². The number of rotatable bonds is 7. The first-order chi connectivity index (χ1) is 14.8. The fraction of sp³-hybridized carbons (Fsp3) is 0.231. The summed E-state index contributed by atoms with van der Waals surface area (Å²) in [7, 11) is 0. The zero-order chi connectivity index (χ0) is 22.4. The molecule has 0 aliphatic rings. The highest BCUT2D eigenvalue weighted by atomic mass is 16.5. The van der Waals surface area contributed by atoms with Crippen LogP contribution in [-0.2, 0) is 16.1 Å². The molecule has 5 heteroatoms. The molecule has 31 heavy (non-hydrogen) atoms. The Kier molecular flexibility index (Phi) is 7.08. The van der Waals surface area contributed by atoms with E-state index >= 15 is 0 Å². The number of para-hydroxylation sites is 1. The van der Waals surface area contributed by atoms with Crippen molar-refractivity contribution in [2.45, 2.75) is 34.3 Å². The molecule has 3 aromatic rings. The summed E-state index contributed by atoms with van der Waals surface area (Å²) in [4.78, 5) is 24.9. The molecule has 0 bridgehead atoms. The number of esters is 1. The Morgan fingerprint density at radius 1 is 0.839 bits per heavy atom. The van der Waals surface area contributed by atoms with Crippen molar-refractivity contribution in [3.63, 3.8) is 0 Å². The fourth-order valence-electron chi connectivity index (χ4n) is 3.49. The molecule has 1 N–H and O–H groups in total. The lowest BCUT2D eigenvalue weighted by Crippen LogP contribution is -2.22. The lowest BCUT2D eigenvalue weighted by molar-refractivity contribution is -0.119. The van der Waals surface area contributed by atoms with Gasteiger partial charge in [0, 0.05) is 5.69 Å². The lowest BCUT2D eigenvalue weighted by atomic mass is 10.1. The Balaban J connectivity index is 1.61. The van der Waals surface area contributed by atoms with Gasteiger partial charge in [-0.05, 0) is 56.5 Å². The minimum Gasteiger partial charge on any atom is -0.488 e. The summed E-state index contributed by atoms with van der Waals surface area (Å²) >= 11 is 0. The molecule has 0 radical (unpaired) electrons. The standard InChI is InChI=1S/C26H27NO4/c1-17-8-7-9-21(14-17)15-30-23-11-6-5-10-22(23)26(29)31-16-24(28)27-25-19(3)12-18(2)13-20(25)4/h5-14H,15-16H2,1-4H3,(H,27,28). The van der Waals surface area contributed by atoms with Gasteiger partial charge in [0.25, 0.3) is 5.91 Å². The van der Waals surface area contributed by atoms with E-state index in [-0.39, 0.29) is 18.1 Å². The van der Waals surface area contributed by atoms with Crippen molar-refractivity contribution in [3.05, 3.63) is 94.0 Å². The Labute approximate surface area is 183 Å². The molecule has 0 heterocycles. The van der Waals surface area contributed by atoms with Crippen LogP contribution < -0.4 is 10.1 Å². The molecule has 160 valence electrons. The van der Waals surface area contributed by atoms with Crippen LogP contribution in [0.2, 0.25) is 0 Å². The largest absolute Gasteiger partial charge is 0.488 e. The average molecular weight is 418 g/mol. The van der Waals surface area contributed by atoms with Crippen molar-refractivity contribution < 1.29 is 19.1 Å². The molecule has 0 aliphatic heterocycles. The van der Waals surface area contributed by atoms with E-state index in [1.54, 1.807) is 24.3 Å². The molecule has 3 aromatic carbocycles. The number of amides is 1. The van der Waals surface area contributed by atoms with E-state index in [1.165, 1.54) is 0 Å². The number of hydrogen-bond acceptors (Lipinski definition) is 4. The number of carbonyl (C=O) groups is 2. The summed E-state index contributed by atoms with van der Waals surface area (Å²) in [6.45, 7) is 7.84. The summed E-state index contributed by atoms with van der Waals surface area (Å²) in [5, 5.41) is 2.83. The Hall–Kier alpha value is -3.60. The van der Waals surface area contributed by atoms with Gasteiger partial charge in [-0.2, -0.15) is 0 Å². The van der Waals surface area contributed by atoms with Crippen LogP contribution in [0.3, 0.4) is 0 Å². The van der Waals surface area contributed by atoms with Crippen LogP contribution >= 0.6 is 0 Å². The van der Waals surface area contributed by atoms with E-state index in [1.807, 2.05) is 64.1 Å². The highest BCUT2D eigenvalue weighted by Crippen LogP contribution is 2.23. The number of ether oxygens (including phenoxy) is 2. The molecular formula is C26H27NO4. The first-order valence-electron chi connectivity index (χ1n) is 10.2. The molecule has 1 amide bonds. The number of aryl methyl sites for hydroxylation is 4. The summed E-state index contributed by atoms with van der Waals surface area (Å²) in [6, 6.07) is 18.8. The van der Waals surface area contributed by atoms with Gasteiger partial charge in [-0.1, -0.05) is 59.7 Å². The molecule has 0 atom stereocenters. The van der Waals surface area contributed by atoms with Crippen molar-refractivity contribution in [2.75, 3.05) is 11.9 Å². The van der Waals surface area contributed by atoms with Gasteiger partial charge in [-0.25, -0.2) is 4.79 Å². The summed E-state index contributed by atoms with van der Waals surface area (Å²) < 4.78 is 11.1. The van der Waals surface area contributed by atoms with Crippen molar-refractivity contribution in [3.8, 4) is 5.75 Å². The topological polar surface area (TPSA) is 64.6 Å². The number of carbonyl (C=O) groups excluding carboxylic acids is 2. The van der Waals surface area contributed by atoms with Gasteiger partial charge in [0.15, 0.2) is 6.61 Å². The van der Waals surface area contributed by atoms with Crippen molar-refractivity contribution in [1.29, 1.82) is 0 Å². The molecule has 3 rings (SSSR count). The van der Waals surface area contributed by atoms with Gasteiger partial charge in [-0.3, -0.25) is 4.79 Å². The van der Waals surface area contributed by atoms with Crippen LogP contribution in [0.25, 0.3) is 0 Å². The molecule has 0 fully saturated rings. The van der Waals surface area contributed by atoms with Crippen LogP contribution in [0, 0.1) is 27.7 Å². The zero-order valence-electron chi connectivity index (χ0n) is 18.3. The van der Waals surface area contributed by atoms with Crippen LogP contribution in [0.1, 0.15) is 38.2 Å². The molecule has 0 spiro atoms. The van der Waals surface area contributed by atoms with Gasteiger partial charge in [0.05, 0.1) is 0 Å². The van der Waals surface area contributed by atoms with E-state index in [0.717, 1.165) is 33.5 Å². The Bertz CT molecular complexity index is 1080. The maximum Gasteiger partial charge on any atom is 0.342 e. The van der Waals surface area contributed by atoms with Gasteiger partial charge in [0.1, 0.15) is 17.9 Å². The van der Waals surface area contributed by atoms with Crippen molar-refractivity contribution in [1.82, 2.24) is 0 Å². The number of hydrogen-bond donors (Lipinski definition) is 1. The van der Waals surface area contributed by atoms with Crippen LogP contribution in [-0.4, -0.2) is 18.5 Å². The third-order valence-electron chi connectivity index (χ3n) is 4.86. The average Bonchev–Trinajstić information content (AvgIpc) is 2.73. The van der Waals surface area contributed by atoms with Crippen LogP contribution in [0.4, 0.5) is 5.69 Å². The summed E-state index contributed by atoms with van der Waals surface area (Å²) in [5.41, 5.74) is 6.23. The second-order valence-corrected chi connectivity index (χ2v) is 7.67. The number of nitrogens with one attached hydrogen (secondary N) is 1. The smallest absolute Gasteiger partial charge is 0.342 e. The molecule has 0 aromatic heterocycles. The molecule has 0 saturated carbocycles. The van der Waals surface area contributed by atoms with Gasteiger partial charge in [0.2, 0.25) is 0 Å². The van der Waals surface area contributed by atoms with E-state index in [9.17, 15) is 9.59 Å². The zero-order valence-corrected chi connectivity index (χ0v) is 18.3. The first kappa shape index (κ1) is 22.1. The SMILES string of the molecule is Cc1cccc(COc2ccccc2C(=O)OCC(=O)Nc2c(C)cc(C)cc2C)c1. The van der Waals surface area contributed by atoms with E-state index in [0.29, 0.717) is 12.4 Å². The maximum absolute atomic E-state index is 12.6. The second-order valence-electron chi connectivity index (χ2n) is 7.67. The predicted molar refractivity (Wildman–Crippen MR) is 122 cm³/mol. The van der Waals surface area contributed by atoms with E-state index in [4.69, 9.17) is 9.47 Å². The molecule has 0 aliphatic carbocycles. The Morgan fingerprint density at radius 3 is 2.26 bits per heavy atom. The predicted octanol–water partition coefficient (Wildman–Crippen LogP) is 5.29. The molecule has 0 saturated heterocycles. The normalized spacial score (nSPS) is 10.5. The third-order valence-corrected chi connectivity index (χ3v) is 4.86. The van der Waals surface area contributed by atoms with Gasteiger partial charge < -0.3 is 14.8 Å². The molecular weight excluding hydrogens is 390 g/mol. The minimum atomic E-state index is -0.604. The minimum absolute atomic E-state index is 0.283. The number of anilines is 1. The summed E-state index contributed by atoms with van der Waals surface area (Å²) in [5.74, 6) is -0.575. The van der Waals surface area contributed by atoms with Crippen molar-refractivity contribution >= 4 is 17.6 Å². The molecule has 5 nitrogen and oxygen atoms in total. The maximum atomic E-state index is 12.6. The highest BCUT2D eigenvalue weighted by molar-refractivity contribution is 5.97.